The lowest BCUT2D eigenvalue weighted by Crippen LogP contribution is -2.27. The SMILES string of the molecule is Cc1ccc(C)c(NC(=O)C(C)Sc2nc3ccccc3c(=O)n2-c2ccc(F)cc2F)c1. The number of aromatic nitrogens is 2. The van der Waals surface area contributed by atoms with Gasteiger partial charge in [0.1, 0.15) is 11.6 Å². The number of anilines is 1. The number of carbonyl (C=O) groups is 1. The molecular weight excluding hydrogens is 444 g/mol. The maximum absolute atomic E-state index is 14.6. The number of para-hydroxylation sites is 1. The number of benzene rings is 3. The fourth-order valence-corrected chi connectivity index (χ4v) is 4.30. The van der Waals surface area contributed by atoms with Crippen molar-refractivity contribution in [3.63, 3.8) is 0 Å². The van der Waals surface area contributed by atoms with E-state index >= 15 is 0 Å². The Morgan fingerprint density at radius 2 is 1.82 bits per heavy atom. The van der Waals surface area contributed by atoms with Crippen LogP contribution in [0.1, 0.15) is 18.1 Å². The molecule has 1 aromatic heterocycles. The van der Waals surface area contributed by atoms with E-state index in [0.29, 0.717) is 17.3 Å². The number of nitrogens with zero attached hydrogens (tertiary/aromatic N) is 2. The van der Waals surface area contributed by atoms with Crippen LogP contribution in [-0.4, -0.2) is 20.7 Å². The van der Waals surface area contributed by atoms with Crippen molar-refractivity contribution in [1.29, 1.82) is 0 Å². The number of amides is 1. The molecule has 1 heterocycles. The van der Waals surface area contributed by atoms with Gasteiger partial charge in [-0.05, 0) is 62.2 Å². The van der Waals surface area contributed by atoms with Crippen molar-refractivity contribution in [2.24, 2.45) is 0 Å². The molecule has 0 spiro atoms. The average molecular weight is 466 g/mol. The number of rotatable bonds is 5. The quantitative estimate of drug-likeness (QED) is 0.317. The highest BCUT2D eigenvalue weighted by Gasteiger charge is 2.22. The van der Waals surface area contributed by atoms with E-state index in [2.05, 4.69) is 10.3 Å². The fourth-order valence-electron chi connectivity index (χ4n) is 3.38. The first-order valence-corrected chi connectivity index (χ1v) is 11.1. The first-order valence-electron chi connectivity index (χ1n) is 10.3. The Hall–Kier alpha value is -3.52. The zero-order valence-electron chi connectivity index (χ0n) is 18.2. The summed E-state index contributed by atoms with van der Waals surface area (Å²) >= 11 is 1.02. The Bertz CT molecular complexity index is 1440. The Morgan fingerprint density at radius 3 is 2.58 bits per heavy atom. The molecule has 0 aliphatic rings. The highest BCUT2D eigenvalue weighted by molar-refractivity contribution is 8.00. The zero-order chi connectivity index (χ0) is 23.7. The summed E-state index contributed by atoms with van der Waals surface area (Å²) in [5.74, 6) is -1.95. The molecule has 0 bridgehead atoms. The lowest BCUT2D eigenvalue weighted by molar-refractivity contribution is -0.115. The van der Waals surface area contributed by atoms with Crippen LogP contribution < -0.4 is 10.9 Å². The number of aryl methyl sites for hydroxylation is 2. The van der Waals surface area contributed by atoms with Crippen LogP contribution in [-0.2, 0) is 4.79 Å². The van der Waals surface area contributed by atoms with E-state index in [1.807, 2.05) is 32.0 Å². The lowest BCUT2D eigenvalue weighted by atomic mass is 10.1. The largest absolute Gasteiger partial charge is 0.325 e. The van der Waals surface area contributed by atoms with Crippen LogP contribution in [0, 0.1) is 25.5 Å². The summed E-state index contributed by atoms with van der Waals surface area (Å²) < 4.78 is 29.2. The van der Waals surface area contributed by atoms with E-state index in [9.17, 15) is 18.4 Å². The monoisotopic (exact) mass is 465 g/mol. The van der Waals surface area contributed by atoms with Gasteiger partial charge in [0.15, 0.2) is 5.16 Å². The predicted octanol–water partition coefficient (Wildman–Crippen LogP) is 5.40. The number of halogens is 2. The predicted molar refractivity (Wildman–Crippen MR) is 127 cm³/mol. The van der Waals surface area contributed by atoms with Crippen LogP contribution in [0.25, 0.3) is 16.6 Å². The number of carbonyl (C=O) groups excluding carboxylic acids is 1. The van der Waals surface area contributed by atoms with Gasteiger partial charge in [-0.2, -0.15) is 0 Å². The van der Waals surface area contributed by atoms with Gasteiger partial charge >= 0.3 is 0 Å². The number of hydrogen-bond donors (Lipinski definition) is 1. The number of nitrogens with one attached hydrogen (secondary N) is 1. The second kappa shape index (κ2) is 9.15. The summed E-state index contributed by atoms with van der Waals surface area (Å²) in [4.78, 5) is 30.7. The van der Waals surface area contributed by atoms with Crippen molar-refractivity contribution < 1.29 is 13.6 Å². The van der Waals surface area contributed by atoms with E-state index in [-0.39, 0.29) is 22.1 Å². The van der Waals surface area contributed by atoms with E-state index in [4.69, 9.17) is 0 Å². The second-order valence-corrected chi connectivity index (χ2v) is 9.02. The third-order valence-corrected chi connectivity index (χ3v) is 6.25. The summed E-state index contributed by atoms with van der Waals surface area (Å²) in [6, 6.07) is 15.4. The summed E-state index contributed by atoms with van der Waals surface area (Å²) in [6.45, 7) is 5.51. The maximum atomic E-state index is 14.6. The molecule has 1 amide bonds. The Morgan fingerprint density at radius 1 is 1.06 bits per heavy atom. The number of hydrogen-bond acceptors (Lipinski definition) is 4. The van der Waals surface area contributed by atoms with Crippen molar-refractivity contribution in [1.82, 2.24) is 9.55 Å². The Labute approximate surface area is 193 Å². The lowest BCUT2D eigenvalue weighted by Gasteiger charge is -2.17. The first kappa shape index (κ1) is 22.7. The van der Waals surface area contributed by atoms with E-state index in [1.165, 1.54) is 6.07 Å². The molecule has 0 saturated heterocycles. The molecule has 0 aliphatic heterocycles. The molecule has 4 aromatic rings. The molecular formula is C25H21F2N3O2S. The second-order valence-electron chi connectivity index (χ2n) is 7.72. The normalized spacial score (nSPS) is 12.0. The molecule has 168 valence electrons. The standard InChI is InChI=1S/C25H21F2N3O2S/c1-14-8-9-15(2)21(12-14)28-23(31)16(3)33-25-29-20-7-5-4-6-18(20)24(32)30(25)22-11-10-17(26)13-19(22)27/h4-13,16H,1-3H3,(H,28,31). The maximum Gasteiger partial charge on any atom is 0.266 e. The Kier molecular flexibility index (Phi) is 6.29. The smallest absolute Gasteiger partial charge is 0.266 e. The van der Waals surface area contributed by atoms with Crippen LogP contribution in [0.3, 0.4) is 0 Å². The minimum absolute atomic E-state index is 0.132. The van der Waals surface area contributed by atoms with Crippen molar-refractivity contribution in [3.05, 3.63) is 93.8 Å². The van der Waals surface area contributed by atoms with Crippen LogP contribution in [0.4, 0.5) is 14.5 Å². The topological polar surface area (TPSA) is 64.0 Å². The van der Waals surface area contributed by atoms with Gasteiger partial charge in [0.2, 0.25) is 5.91 Å². The third-order valence-electron chi connectivity index (χ3n) is 5.20. The van der Waals surface area contributed by atoms with E-state index in [1.54, 1.807) is 31.2 Å². The summed E-state index contributed by atoms with van der Waals surface area (Å²) in [5.41, 5.74) is 2.40. The highest BCUT2D eigenvalue weighted by Crippen LogP contribution is 2.27. The summed E-state index contributed by atoms with van der Waals surface area (Å²) in [5, 5.41) is 2.66. The highest BCUT2D eigenvalue weighted by atomic mass is 32.2. The average Bonchev–Trinajstić information content (AvgIpc) is 2.77. The van der Waals surface area contributed by atoms with Gasteiger partial charge in [0, 0.05) is 11.8 Å². The van der Waals surface area contributed by atoms with Crippen molar-refractivity contribution in [2.75, 3.05) is 5.32 Å². The van der Waals surface area contributed by atoms with E-state index in [0.717, 1.165) is 33.5 Å². The molecule has 5 nitrogen and oxygen atoms in total. The summed E-state index contributed by atoms with van der Waals surface area (Å²) in [7, 11) is 0. The molecule has 4 rings (SSSR count). The third kappa shape index (κ3) is 4.66. The van der Waals surface area contributed by atoms with Gasteiger partial charge in [-0.15, -0.1) is 0 Å². The first-order chi connectivity index (χ1) is 15.7. The van der Waals surface area contributed by atoms with Gasteiger partial charge in [-0.1, -0.05) is 36.0 Å². The summed E-state index contributed by atoms with van der Waals surface area (Å²) in [6.07, 6.45) is 0. The van der Waals surface area contributed by atoms with Gasteiger partial charge in [0.25, 0.3) is 5.56 Å². The molecule has 8 heteroatoms. The molecule has 0 fully saturated rings. The van der Waals surface area contributed by atoms with E-state index < -0.39 is 22.4 Å². The molecule has 33 heavy (non-hydrogen) atoms. The van der Waals surface area contributed by atoms with Crippen molar-refractivity contribution in [3.8, 4) is 5.69 Å². The minimum Gasteiger partial charge on any atom is -0.325 e. The molecule has 0 radical (unpaired) electrons. The van der Waals surface area contributed by atoms with Crippen LogP contribution in [0.2, 0.25) is 0 Å². The molecule has 1 unspecified atom stereocenters. The van der Waals surface area contributed by atoms with Crippen LogP contribution in [0.5, 0.6) is 0 Å². The molecule has 1 atom stereocenters. The molecule has 3 aromatic carbocycles. The van der Waals surface area contributed by atoms with Gasteiger partial charge in [-0.25, -0.2) is 13.8 Å². The fraction of sp³-hybridized carbons (Fsp3) is 0.160. The van der Waals surface area contributed by atoms with Crippen LogP contribution in [0.15, 0.2) is 70.6 Å². The van der Waals surface area contributed by atoms with Crippen molar-refractivity contribution in [2.45, 2.75) is 31.2 Å². The molecule has 1 N–H and O–H groups in total. The van der Waals surface area contributed by atoms with Crippen LogP contribution >= 0.6 is 11.8 Å². The van der Waals surface area contributed by atoms with Gasteiger partial charge in [0.05, 0.1) is 21.8 Å². The van der Waals surface area contributed by atoms with Gasteiger partial charge in [-0.3, -0.25) is 14.2 Å². The van der Waals surface area contributed by atoms with Gasteiger partial charge < -0.3 is 5.32 Å². The van der Waals surface area contributed by atoms with Crippen molar-refractivity contribution >= 4 is 34.3 Å². The number of fused-ring (bicyclic) bond motifs is 1. The Balaban J connectivity index is 1.75. The zero-order valence-corrected chi connectivity index (χ0v) is 19.0. The molecule has 0 saturated carbocycles. The minimum atomic E-state index is -0.900. The number of thioether (sulfide) groups is 1. The molecule has 0 aliphatic carbocycles.